The van der Waals surface area contributed by atoms with Gasteiger partial charge in [-0.1, -0.05) is 0 Å². The number of phenols is 1. The fourth-order valence-electron chi connectivity index (χ4n) is 0.507. The van der Waals surface area contributed by atoms with E-state index >= 15 is 0 Å². The third-order valence-electron chi connectivity index (χ3n) is 0.942. The highest BCUT2D eigenvalue weighted by atomic mass is 17.1. The van der Waals surface area contributed by atoms with Crippen molar-refractivity contribution in [1.29, 1.82) is 0 Å². The van der Waals surface area contributed by atoms with E-state index in [0.717, 1.165) is 0 Å². The molecule has 0 heterocycles. The van der Waals surface area contributed by atoms with Gasteiger partial charge in [-0.3, -0.25) is 0 Å². The Hall–Kier alpha value is -1.22. The van der Waals surface area contributed by atoms with Gasteiger partial charge < -0.3 is 9.99 Å². The number of hydrogen-bond donors (Lipinski definition) is 2. The van der Waals surface area contributed by atoms with Gasteiger partial charge in [0.15, 0.2) is 5.75 Å². The third-order valence-corrected chi connectivity index (χ3v) is 0.942. The highest BCUT2D eigenvalue weighted by molar-refractivity contribution is 5.29. The fraction of sp³-hybridized carbons (Fsp3) is 0. The van der Waals surface area contributed by atoms with Crippen LogP contribution in [0.15, 0.2) is 24.3 Å². The molecule has 0 aliphatic carbocycles. The van der Waals surface area contributed by atoms with Crippen LogP contribution in [0.1, 0.15) is 0 Å². The quantitative estimate of drug-likeness (QED) is 0.439. The van der Waals surface area contributed by atoms with Crippen LogP contribution in [0.4, 0.5) is 0 Å². The molecular formula is C6H6O3. The highest BCUT2D eigenvalue weighted by Crippen LogP contribution is 2.14. The molecular weight excluding hydrogens is 120 g/mol. The molecule has 0 radical (unpaired) electrons. The molecule has 9 heavy (non-hydrogen) atoms. The molecule has 2 N–H and O–H groups in total. The minimum absolute atomic E-state index is 0.149. The van der Waals surface area contributed by atoms with E-state index in [-0.39, 0.29) is 5.75 Å². The molecule has 0 bridgehead atoms. The second-order valence-electron chi connectivity index (χ2n) is 1.59. The zero-order chi connectivity index (χ0) is 6.69. The van der Waals surface area contributed by atoms with E-state index in [4.69, 9.17) is 10.4 Å². The van der Waals surface area contributed by atoms with Crippen molar-refractivity contribution in [2.75, 3.05) is 0 Å². The second-order valence-corrected chi connectivity index (χ2v) is 1.59. The normalized spacial score (nSPS) is 9.00. The summed E-state index contributed by atoms with van der Waals surface area (Å²) in [5.41, 5.74) is 0. The summed E-state index contributed by atoms with van der Waals surface area (Å²) >= 11 is 0. The Labute approximate surface area is 52.1 Å². The summed E-state index contributed by atoms with van der Waals surface area (Å²) in [6, 6.07) is 5.75. The van der Waals surface area contributed by atoms with Crippen LogP contribution in [0, 0.1) is 0 Å². The molecule has 0 aliphatic heterocycles. The molecule has 0 saturated carbocycles. The van der Waals surface area contributed by atoms with E-state index < -0.39 is 0 Å². The standard InChI is InChI=1S/C6H6O3/c7-5-1-3-6(9-8)4-2-5/h1-4,7-8H. The largest absolute Gasteiger partial charge is 0.508 e. The topological polar surface area (TPSA) is 49.7 Å². The van der Waals surface area contributed by atoms with Crippen molar-refractivity contribution in [3.63, 3.8) is 0 Å². The third kappa shape index (κ3) is 1.33. The molecule has 0 aromatic heterocycles. The monoisotopic (exact) mass is 126 g/mol. The van der Waals surface area contributed by atoms with Crippen LogP contribution >= 0.6 is 0 Å². The smallest absolute Gasteiger partial charge is 0.165 e. The van der Waals surface area contributed by atoms with Crippen LogP contribution in [-0.4, -0.2) is 10.4 Å². The molecule has 0 aliphatic rings. The summed E-state index contributed by atoms with van der Waals surface area (Å²) in [6.45, 7) is 0. The summed E-state index contributed by atoms with van der Waals surface area (Å²) < 4.78 is 0. The van der Waals surface area contributed by atoms with Crippen molar-refractivity contribution in [2.45, 2.75) is 0 Å². The van der Waals surface area contributed by atoms with Crippen LogP contribution in [-0.2, 0) is 0 Å². The van der Waals surface area contributed by atoms with Crippen LogP contribution in [0.2, 0.25) is 0 Å². The molecule has 3 heteroatoms. The van der Waals surface area contributed by atoms with Crippen molar-refractivity contribution >= 4 is 0 Å². The summed E-state index contributed by atoms with van der Waals surface area (Å²) in [4.78, 5) is 3.86. The van der Waals surface area contributed by atoms with Gasteiger partial charge in [0.1, 0.15) is 5.75 Å². The van der Waals surface area contributed by atoms with Crippen molar-refractivity contribution in [3.8, 4) is 11.5 Å². The zero-order valence-corrected chi connectivity index (χ0v) is 4.61. The maximum atomic E-state index is 8.72. The van der Waals surface area contributed by atoms with Gasteiger partial charge in [0.25, 0.3) is 0 Å². The van der Waals surface area contributed by atoms with Gasteiger partial charge in [0, 0.05) is 0 Å². The van der Waals surface area contributed by atoms with Crippen LogP contribution in [0.25, 0.3) is 0 Å². The van der Waals surface area contributed by atoms with Crippen molar-refractivity contribution in [1.82, 2.24) is 0 Å². The molecule has 0 atom stereocenters. The van der Waals surface area contributed by atoms with Gasteiger partial charge in [0.2, 0.25) is 0 Å². The van der Waals surface area contributed by atoms with Crippen molar-refractivity contribution in [2.24, 2.45) is 0 Å². The first-order valence-corrected chi connectivity index (χ1v) is 2.43. The second kappa shape index (κ2) is 2.37. The van der Waals surface area contributed by atoms with E-state index in [1.54, 1.807) is 0 Å². The zero-order valence-electron chi connectivity index (χ0n) is 4.61. The lowest BCUT2D eigenvalue weighted by Gasteiger charge is -1.93. The van der Waals surface area contributed by atoms with Gasteiger partial charge in [-0.2, -0.15) is 0 Å². The first-order chi connectivity index (χ1) is 4.33. The Bertz CT molecular complexity index is 180. The van der Waals surface area contributed by atoms with E-state index in [1.165, 1.54) is 24.3 Å². The molecule has 3 nitrogen and oxygen atoms in total. The first kappa shape index (κ1) is 5.91. The fourth-order valence-corrected chi connectivity index (χ4v) is 0.507. The van der Waals surface area contributed by atoms with Crippen LogP contribution in [0.3, 0.4) is 0 Å². The minimum atomic E-state index is 0.149. The van der Waals surface area contributed by atoms with E-state index in [1.807, 2.05) is 0 Å². The summed E-state index contributed by atoms with van der Waals surface area (Å²) in [7, 11) is 0. The molecule has 0 saturated heterocycles. The number of rotatable bonds is 1. The maximum absolute atomic E-state index is 8.72. The molecule has 1 aromatic carbocycles. The number of aromatic hydroxyl groups is 1. The lowest BCUT2D eigenvalue weighted by molar-refractivity contribution is -0.137. The average molecular weight is 126 g/mol. The SMILES string of the molecule is OOc1ccc(O)cc1. The highest BCUT2D eigenvalue weighted by Gasteiger charge is 1.89. The summed E-state index contributed by atoms with van der Waals surface area (Å²) in [5.74, 6) is 0.462. The molecule has 48 valence electrons. The lowest BCUT2D eigenvalue weighted by atomic mass is 10.3. The van der Waals surface area contributed by atoms with Crippen molar-refractivity contribution in [3.05, 3.63) is 24.3 Å². The van der Waals surface area contributed by atoms with Gasteiger partial charge in [-0.25, -0.2) is 5.26 Å². The Morgan fingerprint density at radius 1 is 1.11 bits per heavy atom. The molecule has 0 unspecified atom stereocenters. The van der Waals surface area contributed by atoms with E-state index in [0.29, 0.717) is 5.75 Å². The molecule has 1 rings (SSSR count). The van der Waals surface area contributed by atoms with E-state index in [2.05, 4.69) is 4.89 Å². The average Bonchev–Trinajstić information content (AvgIpc) is 1.90. The van der Waals surface area contributed by atoms with Crippen molar-refractivity contribution < 1.29 is 15.3 Å². The Morgan fingerprint density at radius 3 is 2.11 bits per heavy atom. The van der Waals surface area contributed by atoms with E-state index in [9.17, 15) is 0 Å². The summed E-state index contributed by atoms with van der Waals surface area (Å²) in [5, 5.41) is 16.8. The first-order valence-electron chi connectivity index (χ1n) is 2.43. The van der Waals surface area contributed by atoms with Gasteiger partial charge in [-0.05, 0) is 24.3 Å². The number of benzene rings is 1. The van der Waals surface area contributed by atoms with Gasteiger partial charge in [-0.15, -0.1) is 0 Å². The van der Waals surface area contributed by atoms with Crippen LogP contribution < -0.4 is 4.89 Å². The van der Waals surface area contributed by atoms with Gasteiger partial charge in [0.05, 0.1) is 0 Å². The predicted octanol–water partition coefficient (Wildman–Crippen LogP) is 1.24. The number of phenolic OH excluding ortho intramolecular Hbond substituents is 1. The minimum Gasteiger partial charge on any atom is -0.508 e. The van der Waals surface area contributed by atoms with Crippen LogP contribution in [0.5, 0.6) is 11.5 Å². The molecule has 1 aromatic rings. The Kier molecular flexibility index (Phi) is 1.55. The molecule has 0 fully saturated rings. The lowest BCUT2D eigenvalue weighted by Crippen LogP contribution is -1.80. The number of hydrogen-bond acceptors (Lipinski definition) is 3. The molecule has 0 amide bonds. The molecule has 0 spiro atoms. The van der Waals surface area contributed by atoms with Gasteiger partial charge >= 0.3 is 0 Å². The predicted molar refractivity (Wildman–Crippen MR) is 31.4 cm³/mol. The maximum Gasteiger partial charge on any atom is 0.165 e. The Balaban J connectivity index is 2.88. The summed E-state index contributed by atoms with van der Waals surface area (Å²) in [6.07, 6.45) is 0. The Morgan fingerprint density at radius 2 is 1.67 bits per heavy atom.